The number of aryl methyl sites for hydroxylation is 1. The van der Waals surface area contributed by atoms with Gasteiger partial charge in [-0.2, -0.15) is 0 Å². The second kappa shape index (κ2) is 5.50. The molecule has 0 aliphatic carbocycles. The SMILES string of the molecule is Cc1cc(=O)oc2cc(Oc3ncc(Br)cc3Cl)ccc12. The molecule has 0 aliphatic rings. The molecule has 106 valence electrons. The molecule has 0 bridgehead atoms. The molecule has 6 heteroatoms. The smallest absolute Gasteiger partial charge is 0.336 e. The van der Waals surface area contributed by atoms with Crippen molar-refractivity contribution in [1.82, 2.24) is 4.98 Å². The first-order valence-corrected chi connectivity index (χ1v) is 7.23. The first-order valence-electron chi connectivity index (χ1n) is 6.06. The van der Waals surface area contributed by atoms with Gasteiger partial charge >= 0.3 is 5.63 Å². The van der Waals surface area contributed by atoms with Gasteiger partial charge in [0, 0.05) is 28.2 Å². The lowest BCUT2D eigenvalue weighted by Gasteiger charge is -2.07. The molecule has 0 aliphatic heterocycles. The molecule has 1 aromatic carbocycles. The molecule has 2 aromatic heterocycles. The minimum absolute atomic E-state index is 0.286. The lowest BCUT2D eigenvalue weighted by atomic mass is 10.1. The molecule has 0 saturated heterocycles. The summed E-state index contributed by atoms with van der Waals surface area (Å²) in [7, 11) is 0. The van der Waals surface area contributed by atoms with Crippen LogP contribution in [0.2, 0.25) is 5.02 Å². The maximum absolute atomic E-state index is 11.4. The van der Waals surface area contributed by atoms with Crippen molar-refractivity contribution in [2.75, 3.05) is 0 Å². The maximum atomic E-state index is 11.4. The Hall–Kier alpha value is -1.85. The molecule has 2 heterocycles. The van der Waals surface area contributed by atoms with E-state index >= 15 is 0 Å². The van der Waals surface area contributed by atoms with E-state index in [0.717, 1.165) is 15.4 Å². The number of fused-ring (bicyclic) bond motifs is 1. The summed E-state index contributed by atoms with van der Waals surface area (Å²) in [4.78, 5) is 15.5. The second-order valence-corrected chi connectivity index (χ2v) is 5.77. The van der Waals surface area contributed by atoms with Crippen molar-refractivity contribution in [3.8, 4) is 11.6 Å². The van der Waals surface area contributed by atoms with E-state index in [0.29, 0.717) is 16.4 Å². The maximum Gasteiger partial charge on any atom is 0.336 e. The summed E-state index contributed by atoms with van der Waals surface area (Å²) in [5.74, 6) is 0.780. The Morgan fingerprint density at radius 3 is 2.86 bits per heavy atom. The molecule has 3 rings (SSSR count). The number of pyridine rings is 1. The standard InChI is InChI=1S/C15H9BrClNO3/c1-8-4-14(19)21-13-6-10(2-3-11(8)13)20-15-12(17)5-9(16)7-18-15/h2-7H,1H3. The molecule has 0 spiro atoms. The summed E-state index contributed by atoms with van der Waals surface area (Å²) in [6, 6.07) is 8.39. The largest absolute Gasteiger partial charge is 0.437 e. The minimum Gasteiger partial charge on any atom is -0.437 e. The van der Waals surface area contributed by atoms with E-state index < -0.39 is 5.63 Å². The van der Waals surface area contributed by atoms with Gasteiger partial charge in [-0.25, -0.2) is 9.78 Å². The van der Waals surface area contributed by atoms with Crippen molar-refractivity contribution < 1.29 is 9.15 Å². The van der Waals surface area contributed by atoms with E-state index in [1.165, 1.54) is 6.07 Å². The lowest BCUT2D eigenvalue weighted by molar-refractivity contribution is 0.461. The predicted octanol–water partition coefficient (Wildman–Crippen LogP) is 4.70. The molecule has 0 unspecified atom stereocenters. The van der Waals surface area contributed by atoms with Crippen LogP contribution in [0.4, 0.5) is 0 Å². The molecular weight excluding hydrogens is 358 g/mol. The van der Waals surface area contributed by atoms with E-state index in [1.54, 1.807) is 24.4 Å². The van der Waals surface area contributed by atoms with Crippen molar-refractivity contribution in [2.24, 2.45) is 0 Å². The topological polar surface area (TPSA) is 52.3 Å². The number of benzene rings is 1. The number of hydrogen-bond acceptors (Lipinski definition) is 4. The van der Waals surface area contributed by atoms with Crippen LogP contribution in [0.1, 0.15) is 5.56 Å². The molecule has 3 aromatic rings. The monoisotopic (exact) mass is 365 g/mol. The summed E-state index contributed by atoms with van der Waals surface area (Å²) in [5, 5.41) is 1.24. The van der Waals surface area contributed by atoms with Crippen molar-refractivity contribution in [3.63, 3.8) is 0 Å². The highest BCUT2D eigenvalue weighted by atomic mass is 79.9. The van der Waals surface area contributed by atoms with E-state index in [9.17, 15) is 4.79 Å². The van der Waals surface area contributed by atoms with Crippen LogP contribution in [-0.4, -0.2) is 4.98 Å². The van der Waals surface area contributed by atoms with Crippen molar-refractivity contribution in [2.45, 2.75) is 6.92 Å². The zero-order chi connectivity index (χ0) is 15.0. The fraction of sp³-hybridized carbons (Fsp3) is 0.0667. The van der Waals surface area contributed by atoms with Crippen molar-refractivity contribution in [3.05, 3.63) is 62.0 Å². The van der Waals surface area contributed by atoms with E-state index in [4.69, 9.17) is 20.8 Å². The molecular formula is C15H9BrClNO3. The minimum atomic E-state index is -0.392. The van der Waals surface area contributed by atoms with E-state index in [-0.39, 0.29) is 5.88 Å². The number of nitrogens with zero attached hydrogens (tertiary/aromatic N) is 1. The van der Waals surface area contributed by atoms with Crippen LogP contribution in [0.25, 0.3) is 11.0 Å². The Morgan fingerprint density at radius 1 is 1.29 bits per heavy atom. The van der Waals surface area contributed by atoms with Crippen LogP contribution < -0.4 is 10.4 Å². The summed E-state index contributed by atoms with van der Waals surface area (Å²) < 4.78 is 11.6. The summed E-state index contributed by atoms with van der Waals surface area (Å²) >= 11 is 9.34. The zero-order valence-electron chi connectivity index (χ0n) is 10.9. The van der Waals surface area contributed by atoms with Gasteiger partial charge < -0.3 is 9.15 Å². The fourth-order valence-corrected chi connectivity index (χ4v) is 2.63. The van der Waals surface area contributed by atoms with Crippen molar-refractivity contribution >= 4 is 38.5 Å². The Bertz CT molecular complexity index is 892. The molecule has 0 fully saturated rings. The van der Waals surface area contributed by atoms with Crippen LogP contribution in [0.3, 0.4) is 0 Å². The Morgan fingerprint density at radius 2 is 2.10 bits per heavy atom. The van der Waals surface area contributed by atoms with Gasteiger partial charge in [-0.05, 0) is 46.6 Å². The Labute approximate surface area is 133 Å². The van der Waals surface area contributed by atoms with E-state index in [2.05, 4.69) is 20.9 Å². The number of aromatic nitrogens is 1. The molecule has 4 nitrogen and oxygen atoms in total. The van der Waals surface area contributed by atoms with Crippen LogP contribution in [0, 0.1) is 6.92 Å². The quantitative estimate of drug-likeness (QED) is 0.617. The van der Waals surface area contributed by atoms with Gasteiger partial charge in [0.1, 0.15) is 16.4 Å². The number of hydrogen-bond donors (Lipinski definition) is 0. The van der Waals surface area contributed by atoms with Gasteiger partial charge in [0.15, 0.2) is 0 Å². The van der Waals surface area contributed by atoms with Crippen LogP contribution in [0.15, 0.2) is 50.2 Å². The van der Waals surface area contributed by atoms with Crippen molar-refractivity contribution in [1.29, 1.82) is 0 Å². The Kier molecular flexibility index (Phi) is 3.69. The third-order valence-corrected chi connectivity index (χ3v) is 3.62. The third-order valence-electron chi connectivity index (χ3n) is 2.91. The highest BCUT2D eigenvalue weighted by molar-refractivity contribution is 9.10. The van der Waals surface area contributed by atoms with Crippen LogP contribution in [0.5, 0.6) is 11.6 Å². The lowest BCUT2D eigenvalue weighted by Crippen LogP contribution is -1.98. The average Bonchev–Trinajstić information content (AvgIpc) is 2.41. The molecule has 0 N–H and O–H groups in total. The average molecular weight is 367 g/mol. The number of rotatable bonds is 2. The highest BCUT2D eigenvalue weighted by Crippen LogP contribution is 2.31. The summed E-state index contributed by atoms with van der Waals surface area (Å²) in [5.41, 5.74) is 0.926. The highest BCUT2D eigenvalue weighted by Gasteiger charge is 2.08. The second-order valence-electron chi connectivity index (χ2n) is 4.45. The third kappa shape index (κ3) is 2.94. The zero-order valence-corrected chi connectivity index (χ0v) is 13.2. The first-order chi connectivity index (χ1) is 10.0. The van der Waals surface area contributed by atoms with Crippen LogP contribution in [-0.2, 0) is 0 Å². The van der Waals surface area contributed by atoms with Gasteiger partial charge in [0.05, 0.1) is 0 Å². The van der Waals surface area contributed by atoms with Gasteiger partial charge in [-0.15, -0.1) is 0 Å². The molecule has 0 saturated carbocycles. The fourth-order valence-electron chi connectivity index (χ4n) is 1.96. The first kappa shape index (κ1) is 14.1. The van der Waals surface area contributed by atoms with Gasteiger partial charge in [0.25, 0.3) is 0 Å². The molecule has 21 heavy (non-hydrogen) atoms. The number of halogens is 2. The molecule has 0 amide bonds. The summed E-state index contributed by atoms with van der Waals surface area (Å²) in [6.07, 6.45) is 1.59. The molecule has 0 atom stereocenters. The molecule has 0 radical (unpaired) electrons. The predicted molar refractivity (Wildman–Crippen MR) is 84.2 cm³/mol. The van der Waals surface area contributed by atoms with Gasteiger partial charge in [0.2, 0.25) is 5.88 Å². The normalized spacial score (nSPS) is 10.8. The van der Waals surface area contributed by atoms with Gasteiger partial charge in [-0.3, -0.25) is 0 Å². The summed E-state index contributed by atoms with van der Waals surface area (Å²) in [6.45, 7) is 1.85. The van der Waals surface area contributed by atoms with E-state index in [1.807, 2.05) is 13.0 Å². The number of ether oxygens (including phenoxy) is 1. The van der Waals surface area contributed by atoms with Crippen LogP contribution >= 0.6 is 27.5 Å². The van der Waals surface area contributed by atoms with Gasteiger partial charge in [-0.1, -0.05) is 11.6 Å². The Balaban J connectivity index is 2.03.